The van der Waals surface area contributed by atoms with E-state index in [2.05, 4.69) is 27.7 Å². The minimum atomic E-state index is -0.375. The van der Waals surface area contributed by atoms with Crippen molar-refractivity contribution in [2.45, 2.75) is 39.0 Å². The molecule has 0 atom stereocenters. The number of aromatic amines is 1. The number of nitriles is 2. The summed E-state index contributed by atoms with van der Waals surface area (Å²) in [5.41, 5.74) is 4.48. The van der Waals surface area contributed by atoms with Crippen LogP contribution in [0.25, 0.3) is 10.9 Å². The molecular weight excluding hydrogens is 338 g/mol. The summed E-state index contributed by atoms with van der Waals surface area (Å²) in [6.45, 7) is 4.42. The van der Waals surface area contributed by atoms with Crippen LogP contribution in [0.1, 0.15) is 44.6 Å². The van der Waals surface area contributed by atoms with Gasteiger partial charge in [-0.05, 0) is 50.3 Å². The summed E-state index contributed by atoms with van der Waals surface area (Å²) < 4.78 is 5.95. The van der Waals surface area contributed by atoms with Crippen molar-refractivity contribution < 1.29 is 4.74 Å². The van der Waals surface area contributed by atoms with Gasteiger partial charge in [-0.1, -0.05) is 12.5 Å². The van der Waals surface area contributed by atoms with Crippen LogP contribution in [0.4, 0.5) is 0 Å². The van der Waals surface area contributed by atoms with Gasteiger partial charge in [0.05, 0.1) is 46.7 Å². The van der Waals surface area contributed by atoms with Gasteiger partial charge in [-0.25, -0.2) is 0 Å². The number of nitrogens with one attached hydrogen (secondary N) is 2. The molecule has 2 aromatic rings. The minimum absolute atomic E-state index is 0.375. The second kappa shape index (κ2) is 6.81. The average Bonchev–Trinajstić information content (AvgIpc) is 3.02. The van der Waals surface area contributed by atoms with Gasteiger partial charge in [-0.2, -0.15) is 10.5 Å². The van der Waals surface area contributed by atoms with Crippen LogP contribution in [0.5, 0.6) is 5.88 Å². The Morgan fingerprint density at radius 1 is 1.15 bits per heavy atom. The number of hydrogen-bond acceptors (Lipinski definition) is 5. The van der Waals surface area contributed by atoms with E-state index < -0.39 is 0 Å². The lowest BCUT2D eigenvalue weighted by molar-refractivity contribution is 0.177. The van der Waals surface area contributed by atoms with E-state index in [0.29, 0.717) is 29.6 Å². The topological polar surface area (TPSA) is 97.5 Å². The molecule has 0 amide bonds. The number of rotatable bonds is 4. The summed E-state index contributed by atoms with van der Waals surface area (Å²) in [5, 5.41) is 30.7. The fourth-order valence-electron chi connectivity index (χ4n) is 3.78. The summed E-state index contributed by atoms with van der Waals surface area (Å²) >= 11 is 0. The lowest BCUT2D eigenvalue weighted by Gasteiger charge is -2.26. The summed E-state index contributed by atoms with van der Waals surface area (Å²) in [6.07, 6.45) is 3.71. The number of nitrogens with zero attached hydrogens (tertiary/aromatic N) is 3. The molecule has 2 heterocycles. The lowest BCUT2D eigenvalue weighted by Crippen LogP contribution is -2.23. The highest BCUT2D eigenvalue weighted by Crippen LogP contribution is 2.39. The lowest BCUT2D eigenvalue weighted by atomic mass is 9.81. The van der Waals surface area contributed by atoms with E-state index in [1.807, 2.05) is 32.0 Å². The van der Waals surface area contributed by atoms with Gasteiger partial charge < -0.3 is 10.1 Å². The zero-order chi connectivity index (χ0) is 19.0. The molecule has 0 bridgehead atoms. The van der Waals surface area contributed by atoms with E-state index in [-0.39, 0.29) is 5.92 Å². The van der Waals surface area contributed by atoms with Crippen LogP contribution in [0, 0.1) is 28.6 Å². The predicted octanol–water partition coefficient (Wildman–Crippen LogP) is 4.02. The Labute approximate surface area is 158 Å². The van der Waals surface area contributed by atoms with Gasteiger partial charge in [-0.15, -0.1) is 5.10 Å². The third kappa shape index (κ3) is 2.94. The molecule has 1 aliphatic heterocycles. The molecular formula is C21H21N5O. The first-order valence-corrected chi connectivity index (χ1v) is 9.22. The molecule has 0 radical (unpaired) electrons. The summed E-state index contributed by atoms with van der Waals surface area (Å²) in [7, 11) is 0. The molecule has 6 nitrogen and oxygen atoms in total. The van der Waals surface area contributed by atoms with Crippen molar-refractivity contribution in [3.63, 3.8) is 0 Å². The third-order valence-corrected chi connectivity index (χ3v) is 5.57. The fourth-order valence-corrected chi connectivity index (χ4v) is 3.78. The van der Waals surface area contributed by atoms with E-state index in [0.717, 1.165) is 27.9 Å². The van der Waals surface area contributed by atoms with Crippen molar-refractivity contribution in [3.8, 4) is 18.0 Å². The Morgan fingerprint density at radius 3 is 2.44 bits per heavy atom. The molecule has 1 aliphatic carbocycles. The van der Waals surface area contributed by atoms with Crippen LogP contribution < -0.4 is 10.1 Å². The molecule has 1 saturated carbocycles. The number of H-pyrrole nitrogens is 1. The van der Waals surface area contributed by atoms with Crippen molar-refractivity contribution in [3.05, 3.63) is 46.3 Å². The molecule has 0 unspecified atom stereocenters. The molecule has 2 aliphatic rings. The quantitative estimate of drug-likeness (QED) is 0.859. The van der Waals surface area contributed by atoms with Crippen LogP contribution in [-0.4, -0.2) is 16.8 Å². The maximum absolute atomic E-state index is 9.68. The summed E-state index contributed by atoms with van der Waals surface area (Å²) in [6, 6.07) is 10.4. The number of hydrogen-bond donors (Lipinski definition) is 2. The number of dihydropyridines is 1. The second-order valence-electron chi connectivity index (χ2n) is 7.30. The predicted molar refractivity (Wildman–Crippen MR) is 101 cm³/mol. The minimum Gasteiger partial charge on any atom is -0.476 e. The van der Waals surface area contributed by atoms with E-state index in [1.165, 1.54) is 19.3 Å². The fraction of sp³-hybridized carbons (Fsp3) is 0.381. The van der Waals surface area contributed by atoms with Crippen LogP contribution >= 0.6 is 0 Å². The van der Waals surface area contributed by atoms with E-state index >= 15 is 0 Å². The van der Waals surface area contributed by atoms with Crippen molar-refractivity contribution in [1.82, 2.24) is 15.5 Å². The summed E-state index contributed by atoms with van der Waals surface area (Å²) in [5.74, 6) is 0.835. The van der Waals surface area contributed by atoms with Crippen molar-refractivity contribution in [2.75, 3.05) is 6.61 Å². The average molecular weight is 359 g/mol. The molecule has 27 heavy (non-hydrogen) atoms. The highest BCUT2D eigenvalue weighted by molar-refractivity contribution is 5.85. The molecule has 1 fully saturated rings. The Balaban J connectivity index is 1.74. The first-order chi connectivity index (χ1) is 13.1. The Hall–Kier alpha value is -3.25. The smallest absolute Gasteiger partial charge is 0.240 e. The highest BCUT2D eigenvalue weighted by atomic mass is 16.5. The van der Waals surface area contributed by atoms with E-state index in [1.54, 1.807) is 0 Å². The molecule has 1 aromatic carbocycles. The van der Waals surface area contributed by atoms with Gasteiger partial charge in [0.1, 0.15) is 0 Å². The standard InChI is InChI=1S/C21H21N5O/c1-12-17(9-22)20(18(10-23)13(2)24-12)15-6-7-19-16(8-15)21(26-25-19)27-11-14-4-3-5-14/h6-8,14,20,24H,3-5,11H2,1-2H3,(H,25,26). The molecule has 2 N–H and O–H groups in total. The van der Waals surface area contributed by atoms with Gasteiger partial charge in [0.25, 0.3) is 0 Å². The maximum Gasteiger partial charge on any atom is 0.240 e. The number of fused-ring (bicyclic) bond motifs is 1. The van der Waals surface area contributed by atoms with Crippen LogP contribution in [-0.2, 0) is 0 Å². The van der Waals surface area contributed by atoms with Gasteiger partial charge >= 0.3 is 0 Å². The molecule has 1 aromatic heterocycles. The van der Waals surface area contributed by atoms with Gasteiger partial charge in [-0.3, -0.25) is 5.10 Å². The number of allylic oxidation sites excluding steroid dienone is 4. The molecule has 0 spiro atoms. The maximum atomic E-state index is 9.68. The van der Waals surface area contributed by atoms with Crippen molar-refractivity contribution in [2.24, 2.45) is 5.92 Å². The normalized spacial score (nSPS) is 18.1. The largest absolute Gasteiger partial charge is 0.476 e. The van der Waals surface area contributed by atoms with Gasteiger partial charge in [0.15, 0.2) is 0 Å². The number of benzene rings is 1. The van der Waals surface area contributed by atoms with Crippen molar-refractivity contribution in [1.29, 1.82) is 10.5 Å². The molecule has 136 valence electrons. The zero-order valence-corrected chi connectivity index (χ0v) is 15.5. The Bertz CT molecular complexity index is 1010. The Morgan fingerprint density at radius 2 is 1.85 bits per heavy atom. The highest BCUT2D eigenvalue weighted by Gasteiger charge is 2.30. The van der Waals surface area contributed by atoms with Gasteiger partial charge in [0.2, 0.25) is 5.88 Å². The third-order valence-electron chi connectivity index (χ3n) is 5.57. The SMILES string of the molecule is CC1=C(C#N)C(c2ccc3[nH]nc(OCC4CCC4)c3c2)C(C#N)=C(C)N1. The first kappa shape index (κ1) is 17.2. The molecule has 4 rings (SSSR count). The van der Waals surface area contributed by atoms with E-state index in [4.69, 9.17) is 4.74 Å². The van der Waals surface area contributed by atoms with Crippen LogP contribution in [0.15, 0.2) is 40.7 Å². The molecule has 0 saturated heterocycles. The van der Waals surface area contributed by atoms with Gasteiger partial charge in [0, 0.05) is 11.4 Å². The van der Waals surface area contributed by atoms with Crippen molar-refractivity contribution >= 4 is 10.9 Å². The Kier molecular flexibility index (Phi) is 4.33. The number of ether oxygens (including phenoxy) is 1. The van der Waals surface area contributed by atoms with E-state index in [9.17, 15) is 10.5 Å². The second-order valence-corrected chi connectivity index (χ2v) is 7.30. The monoisotopic (exact) mass is 359 g/mol. The summed E-state index contributed by atoms with van der Waals surface area (Å²) in [4.78, 5) is 0. The molecule has 6 heteroatoms. The first-order valence-electron chi connectivity index (χ1n) is 9.22. The number of aromatic nitrogens is 2. The van der Waals surface area contributed by atoms with Crippen LogP contribution in [0.2, 0.25) is 0 Å². The van der Waals surface area contributed by atoms with Crippen LogP contribution in [0.3, 0.4) is 0 Å². The zero-order valence-electron chi connectivity index (χ0n) is 15.5.